The van der Waals surface area contributed by atoms with Crippen LogP contribution in [0.3, 0.4) is 0 Å². The van der Waals surface area contributed by atoms with Crippen molar-refractivity contribution in [3.63, 3.8) is 0 Å². The molecule has 3 aromatic carbocycles. The van der Waals surface area contributed by atoms with Gasteiger partial charge in [-0.2, -0.15) is 0 Å². The Hall–Kier alpha value is -2.61. The molecule has 0 unspecified atom stereocenters. The highest BCUT2D eigenvalue weighted by atomic mass is 16.1. The second kappa shape index (κ2) is 4.94. The molecule has 0 amide bonds. The highest BCUT2D eigenvalue weighted by Gasteiger charge is 2.05. The minimum Gasteiger partial charge on any atom is -0.355 e. The average molecular weight is 247 g/mol. The van der Waals surface area contributed by atoms with Crippen molar-refractivity contribution in [2.45, 2.75) is 0 Å². The second-order valence-electron chi connectivity index (χ2n) is 4.36. The van der Waals surface area contributed by atoms with Crippen LogP contribution in [0.2, 0.25) is 0 Å². The first-order valence-electron chi connectivity index (χ1n) is 6.17. The molecule has 0 saturated heterocycles. The van der Waals surface area contributed by atoms with Crippen LogP contribution >= 0.6 is 0 Å². The van der Waals surface area contributed by atoms with Crippen molar-refractivity contribution in [3.05, 3.63) is 72.3 Å². The van der Waals surface area contributed by atoms with Gasteiger partial charge >= 0.3 is 0 Å². The van der Waals surface area contributed by atoms with Crippen molar-refractivity contribution in [3.8, 4) is 0 Å². The molecular formula is C17H13NO. The summed E-state index contributed by atoms with van der Waals surface area (Å²) in [5.74, 6) is 0. The highest BCUT2D eigenvalue weighted by Crippen LogP contribution is 2.28. The van der Waals surface area contributed by atoms with E-state index >= 15 is 0 Å². The van der Waals surface area contributed by atoms with Gasteiger partial charge in [-0.05, 0) is 23.6 Å². The van der Waals surface area contributed by atoms with Crippen LogP contribution in [-0.2, 0) is 0 Å². The predicted octanol–water partition coefficient (Wildman–Crippen LogP) is 4.40. The number of para-hydroxylation sites is 1. The number of benzene rings is 3. The molecule has 2 nitrogen and oxygen atoms in total. The lowest BCUT2D eigenvalue weighted by Crippen LogP contribution is -1.93. The minimum atomic E-state index is 0.705. The number of rotatable bonds is 3. The molecule has 0 radical (unpaired) electrons. The van der Waals surface area contributed by atoms with Gasteiger partial charge in [0, 0.05) is 22.3 Å². The number of hydrogen-bond acceptors (Lipinski definition) is 2. The van der Waals surface area contributed by atoms with E-state index in [0.29, 0.717) is 5.56 Å². The van der Waals surface area contributed by atoms with Crippen LogP contribution in [0.5, 0.6) is 0 Å². The SMILES string of the molecule is O=Cc1cccc2cccc(Nc3ccccc3)c12. The number of aldehydes is 1. The van der Waals surface area contributed by atoms with Gasteiger partial charge in [0.15, 0.2) is 6.29 Å². The normalized spacial score (nSPS) is 10.3. The third-order valence-electron chi connectivity index (χ3n) is 3.12. The summed E-state index contributed by atoms with van der Waals surface area (Å²) in [6.07, 6.45) is 0.901. The number of nitrogens with one attached hydrogen (secondary N) is 1. The van der Waals surface area contributed by atoms with Gasteiger partial charge in [0.1, 0.15) is 0 Å². The molecule has 0 aliphatic carbocycles. The molecular weight excluding hydrogens is 234 g/mol. The van der Waals surface area contributed by atoms with Gasteiger partial charge in [0.25, 0.3) is 0 Å². The summed E-state index contributed by atoms with van der Waals surface area (Å²) in [5, 5.41) is 5.39. The topological polar surface area (TPSA) is 29.1 Å². The standard InChI is InChI=1S/C17H13NO/c19-12-14-8-4-6-13-7-5-11-16(17(13)14)18-15-9-2-1-3-10-15/h1-12,18H. The van der Waals surface area contributed by atoms with Crippen molar-refractivity contribution in [2.75, 3.05) is 5.32 Å². The molecule has 2 heteroatoms. The molecule has 1 N–H and O–H groups in total. The Morgan fingerprint density at radius 3 is 2.26 bits per heavy atom. The fraction of sp³-hybridized carbons (Fsp3) is 0. The summed E-state index contributed by atoms with van der Waals surface area (Å²) in [4.78, 5) is 11.2. The van der Waals surface area contributed by atoms with E-state index in [1.165, 1.54) is 0 Å². The van der Waals surface area contributed by atoms with Crippen LogP contribution in [0.15, 0.2) is 66.7 Å². The fourth-order valence-electron chi connectivity index (χ4n) is 2.25. The monoisotopic (exact) mass is 247 g/mol. The molecule has 0 aliphatic rings. The lowest BCUT2D eigenvalue weighted by molar-refractivity contribution is 0.112. The van der Waals surface area contributed by atoms with E-state index in [1.807, 2.05) is 66.7 Å². The van der Waals surface area contributed by atoms with E-state index in [2.05, 4.69) is 5.32 Å². The Kier molecular flexibility index (Phi) is 2.99. The number of anilines is 2. The molecule has 0 heterocycles. The van der Waals surface area contributed by atoms with Crippen LogP contribution in [-0.4, -0.2) is 6.29 Å². The maximum absolute atomic E-state index is 11.2. The van der Waals surface area contributed by atoms with Crippen molar-refractivity contribution < 1.29 is 4.79 Å². The van der Waals surface area contributed by atoms with E-state index in [4.69, 9.17) is 0 Å². The van der Waals surface area contributed by atoms with Gasteiger partial charge in [0.05, 0.1) is 0 Å². The van der Waals surface area contributed by atoms with Crippen LogP contribution in [0.25, 0.3) is 10.8 Å². The average Bonchev–Trinajstić information content (AvgIpc) is 2.48. The minimum absolute atomic E-state index is 0.705. The van der Waals surface area contributed by atoms with Gasteiger partial charge < -0.3 is 5.32 Å². The third-order valence-corrected chi connectivity index (χ3v) is 3.12. The van der Waals surface area contributed by atoms with E-state index in [-0.39, 0.29) is 0 Å². The molecule has 3 aromatic rings. The van der Waals surface area contributed by atoms with Crippen molar-refractivity contribution in [1.82, 2.24) is 0 Å². The summed E-state index contributed by atoms with van der Waals surface area (Å²) >= 11 is 0. The molecule has 3 rings (SSSR count). The van der Waals surface area contributed by atoms with Crippen LogP contribution in [0.4, 0.5) is 11.4 Å². The highest BCUT2D eigenvalue weighted by molar-refractivity contribution is 6.05. The molecule has 0 saturated carbocycles. The third kappa shape index (κ3) is 2.20. The Morgan fingerprint density at radius 1 is 0.789 bits per heavy atom. The summed E-state index contributed by atoms with van der Waals surface area (Å²) in [5.41, 5.74) is 2.67. The molecule has 19 heavy (non-hydrogen) atoms. The van der Waals surface area contributed by atoms with Crippen LogP contribution in [0.1, 0.15) is 10.4 Å². The van der Waals surface area contributed by atoms with Gasteiger partial charge in [0.2, 0.25) is 0 Å². The summed E-state index contributed by atoms with van der Waals surface area (Å²) in [6.45, 7) is 0. The zero-order chi connectivity index (χ0) is 13.1. The Bertz CT molecular complexity index is 714. The van der Waals surface area contributed by atoms with Crippen LogP contribution < -0.4 is 5.32 Å². The molecule has 0 fully saturated rings. The zero-order valence-electron chi connectivity index (χ0n) is 10.3. The first kappa shape index (κ1) is 11.5. The number of carbonyl (C=O) groups excluding carboxylic acids is 1. The van der Waals surface area contributed by atoms with Gasteiger partial charge in [-0.3, -0.25) is 4.79 Å². The molecule has 0 aliphatic heterocycles. The molecule has 0 bridgehead atoms. The maximum atomic E-state index is 11.2. The first-order chi connectivity index (χ1) is 9.38. The van der Waals surface area contributed by atoms with Gasteiger partial charge in [-0.15, -0.1) is 0 Å². The predicted molar refractivity (Wildman–Crippen MR) is 79.1 cm³/mol. The molecule has 92 valence electrons. The van der Waals surface area contributed by atoms with Gasteiger partial charge in [-0.25, -0.2) is 0 Å². The van der Waals surface area contributed by atoms with E-state index in [1.54, 1.807) is 0 Å². The maximum Gasteiger partial charge on any atom is 0.150 e. The van der Waals surface area contributed by atoms with Crippen molar-refractivity contribution >= 4 is 28.4 Å². The smallest absolute Gasteiger partial charge is 0.150 e. The molecule has 0 aromatic heterocycles. The zero-order valence-corrected chi connectivity index (χ0v) is 10.3. The van der Waals surface area contributed by atoms with E-state index in [0.717, 1.165) is 28.4 Å². The van der Waals surface area contributed by atoms with E-state index < -0.39 is 0 Å². The Morgan fingerprint density at radius 2 is 1.53 bits per heavy atom. The lowest BCUT2D eigenvalue weighted by Gasteiger charge is -2.11. The second-order valence-corrected chi connectivity index (χ2v) is 4.36. The van der Waals surface area contributed by atoms with Crippen LogP contribution in [0, 0.1) is 0 Å². The van der Waals surface area contributed by atoms with Crippen molar-refractivity contribution in [1.29, 1.82) is 0 Å². The summed E-state index contributed by atoms with van der Waals surface area (Å²) < 4.78 is 0. The first-order valence-corrected chi connectivity index (χ1v) is 6.17. The fourth-order valence-corrected chi connectivity index (χ4v) is 2.25. The van der Waals surface area contributed by atoms with Crippen molar-refractivity contribution in [2.24, 2.45) is 0 Å². The Balaban J connectivity index is 2.16. The Labute approximate surface area is 111 Å². The summed E-state index contributed by atoms with van der Waals surface area (Å²) in [6, 6.07) is 21.7. The molecule has 0 spiro atoms. The summed E-state index contributed by atoms with van der Waals surface area (Å²) in [7, 11) is 0. The number of hydrogen-bond donors (Lipinski definition) is 1. The molecule has 0 atom stereocenters. The quantitative estimate of drug-likeness (QED) is 0.695. The van der Waals surface area contributed by atoms with Gasteiger partial charge in [-0.1, -0.05) is 48.5 Å². The van der Waals surface area contributed by atoms with E-state index in [9.17, 15) is 4.79 Å². The largest absolute Gasteiger partial charge is 0.355 e. The lowest BCUT2D eigenvalue weighted by atomic mass is 10.0. The number of carbonyl (C=O) groups is 1. The number of fused-ring (bicyclic) bond motifs is 1.